The van der Waals surface area contributed by atoms with Gasteiger partial charge in [-0.05, 0) is 42.8 Å². The smallest absolute Gasteiger partial charge is 0.234 e. The van der Waals surface area contributed by atoms with E-state index in [0.29, 0.717) is 6.54 Å². The third-order valence-corrected chi connectivity index (χ3v) is 5.66. The molecule has 0 saturated heterocycles. The maximum atomic E-state index is 12.5. The number of aromatic nitrogens is 3. The summed E-state index contributed by atoms with van der Waals surface area (Å²) in [7, 11) is 0. The lowest BCUT2D eigenvalue weighted by Gasteiger charge is -2.09. The molecular weight excluding hydrogens is 416 g/mol. The largest absolute Gasteiger partial charge is 0.325 e. The molecule has 0 aliphatic heterocycles. The molecule has 6 heteroatoms. The number of carbonyl (C=O) groups excluding carboxylic acids is 1. The van der Waals surface area contributed by atoms with Crippen LogP contribution in [0.3, 0.4) is 0 Å². The highest BCUT2D eigenvalue weighted by Crippen LogP contribution is 2.19. The number of aryl methyl sites for hydroxylation is 1. The number of nitrogens with zero attached hydrogens (tertiary/aromatic N) is 3. The van der Waals surface area contributed by atoms with E-state index in [1.807, 2.05) is 84.3 Å². The molecule has 0 atom stereocenters. The zero-order valence-corrected chi connectivity index (χ0v) is 18.5. The van der Waals surface area contributed by atoms with E-state index in [4.69, 9.17) is 0 Å². The van der Waals surface area contributed by atoms with Crippen molar-refractivity contribution in [3.63, 3.8) is 0 Å². The fourth-order valence-electron chi connectivity index (χ4n) is 3.08. The topological polar surface area (TPSA) is 59.8 Å². The summed E-state index contributed by atoms with van der Waals surface area (Å²) in [6.45, 7) is 2.59. The lowest BCUT2D eigenvalue weighted by Crippen LogP contribution is -2.15. The van der Waals surface area contributed by atoms with Gasteiger partial charge >= 0.3 is 0 Å². The summed E-state index contributed by atoms with van der Waals surface area (Å²) in [6.07, 6.45) is 0. The van der Waals surface area contributed by atoms with Crippen LogP contribution in [0.2, 0.25) is 0 Å². The normalized spacial score (nSPS) is 10.3. The number of hydrogen-bond donors (Lipinski definition) is 1. The highest BCUT2D eigenvalue weighted by molar-refractivity contribution is 7.99. The zero-order chi connectivity index (χ0) is 22.2. The average Bonchev–Trinajstić information content (AvgIpc) is 3.17. The molecule has 5 nitrogen and oxygen atoms in total. The van der Waals surface area contributed by atoms with Crippen molar-refractivity contribution in [3.05, 3.63) is 107 Å². The second kappa shape index (κ2) is 10.5. The van der Waals surface area contributed by atoms with Crippen LogP contribution in [-0.2, 0) is 11.3 Å². The molecule has 0 unspecified atom stereocenters. The van der Waals surface area contributed by atoms with Gasteiger partial charge in [0.05, 0.1) is 12.3 Å². The van der Waals surface area contributed by atoms with Crippen LogP contribution < -0.4 is 5.32 Å². The number of benzene rings is 3. The van der Waals surface area contributed by atoms with Gasteiger partial charge in [0.2, 0.25) is 5.91 Å². The number of amides is 1. The molecule has 0 spiro atoms. The second-order valence-corrected chi connectivity index (χ2v) is 8.08. The molecule has 3 aromatic carbocycles. The summed E-state index contributed by atoms with van der Waals surface area (Å²) in [6, 6.07) is 27.5. The molecule has 32 heavy (non-hydrogen) atoms. The van der Waals surface area contributed by atoms with Gasteiger partial charge in [-0.15, -0.1) is 10.2 Å². The van der Waals surface area contributed by atoms with Crippen molar-refractivity contribution in [2.45, 2.75) is 18.6 Å². The van der Waals surface area contributed by atoms with E-state index in [1.54, 1.807) is 0 Å². The monoisotopic (exact) mass is 438 g/mol. The Hall–Kier alpha value is -3.82. The van der Waals surface area contributed by atoms with Gasteiger partial charge < -0.3 is 9.88 Å². The quantitative estimate of drug-likeness (QED) is 0.348. The van der Waals surface area contributed by atoms with Crippen molar-refractivity contribution in [3.8, 4) is 11.8 Å². The predicted octanol–water partition coefficient (Wildman–Crippen LogP) is 4.77. The Bertz CT molecular complexity index is 1260. The van der Waals surface area contributed by atoms with Crippen molar-refractivity contribution in [1.82, 2.24) is 14.8 Å². The van der Waals surface area contributed by atoms with E-state index in [9.17, 15) is 4.79 Å². The van der Waals surface area contributed by atoms with E-state index in [-0.39, 0.29) is 11.7 Å². The molecule has 158 valence electrons. The van der Waals surface area contributed by atoms with Gasteiger partial charge in [-0.25, -0.2) is 0 Å². The average molecular weight is 439 g/mol. The lowest BCUT2D eigenvalue weighted by atomic mass is 10.1. The van der Waals surface area contributed by atoms with Crippen molar-refractivity contribution < 1.29 is 4.79 Å². The van der Waals surface area contributed by atoms with Crippen LogP contribution in [0, 0.1) is 18.8 Å². The summed E-state index contributed by atoms with van der Waals surface area (Å²) < 4.78 is 2.02. The van der Waals surface area contributed by atoms with Crippen LogP contribution in [0.25, 0.3) is 0 Å². The Morgan fingerprint density at radius 1 is 0.906 bits per heavy atom. The van der Waals surface area contributed by atoms with Gasteiger partial charge in [-0.2, -0.15) is 0 Å². The molecule has 0 saturated carbocycles. The van der Waals surface area contributed by atoms with Crippen LogP contribution >= 0.6 is 11.8 Å². The molecule has 0 aliphatic rings. The Morgan fingerprint density at radius 3 is 2.38 bits per heavy atom. The molecule has 1 heterocycles. The Morgan fingerprint density at radius 2 is 1.59 bits per heavy atom. The predicted molar refractivity (Wildman–Crippen MR) is 129 cm³/mol. The molecule has 0 bridgehead atoms. The molecule has 4 aromatic rings. The fraction of sp³-hybridized carbons (Fsp3) is 0.115. The molecule has 0 aliphatic carbocycles. The standard InChI is InChI=1S/C26H22N4OS/c1-20-28-29-26(30(20)18-23-11-6-3-7-12-23)32-19-25(31)27-24-14-8-13-22(17-24)16-15-21-9-4-2-5-10-21/h2-14,17H,18-19H2,1H3,(H,27,31). The first kappa shape index (κ1) is 21.4. The minimum Gasteiger partial charge on any atom is -0.325 e. The maximum Gasteiger partial charge on any atom is 0.234 e. The van der Waals surface area contributed by atoms with Gasteiger partial charge in [0, 0.05) is 16.8 Å². The molecule has 0 fully saturated rings. The highest BCUT2D eigenvalue weighted by Gasteiger charge is 2.12. The van der Waals surface area contributed by atoms with Crippen molar-refractivity contribution >= 4 is 23.4 Å². The SMILES string of the molecule is Cc1nnc(SCC(=O)Nc2cccc(C#Cc3ccccc3)c2)n1Cc1ccccc1. The van der Waals surface area contributed by atoms with Crippen LogP contribution in [0.4, 0.5) is 5.69 Å². The first-order chi connectivity index (χ1) is 15.7. The number of anilines is 1. The molecule has 0 radical (unpaired) electrons. The number of rotatable bonds is 6. The second-order valence-electron chi connectivity index (χ2n) is 7.14. The van der Waals surface area contributed by atoms with Crippen molar-refractivity contribution in [1.29, 1.82) is 0 Å². The lowest BCUT2D eigenvalue weighted by molar-refractivity contribution is -0.113. The molecule has 1 aromatic heterocycles. The molecule has 1 N–H and O–H groups in total. The summed E-state index contributed by atoms with van der Waals surface area (Å²) in [5.41, 5.74) is 3.68. The van der Waals surface area contributed by atoms with E-state index < -0.39 is 0 Å². The first-order valence-electron chi connectivity index (χ1n) is 10.2. The van der Waals surface area contributed by atoms with Crippen LogP contribution in [0.5, 0.6) is 0 Å². The van der Waals surface area contributed by atoms with Gasteiger partial charge in [0.25, 0.3) is 0 Å². The summed E-state index contributed by atoms with van der Waals surface area (Å²) >= 11 is 1.38. The van der Waals surface area contributed by atoms with E-state index in [1.165, 1.54) is 11.8 Å². The summed E-state index contributed by atoms with van der Waals surface area (Å²) in [5, 5.41) is 12.1. The minimum atomic E-state index is -0.102. The third kappa shape index (κ3) is 5.87. The van der Waals surface area contributed by atoms with Gasteiger partial charge in [0.1, 0.15) is 5.82 Å². The first-order valence-corrected chi connectivity index (χ1v) is 11.2. The van der Waals surface area contributed by atoms with E-state index in [2.05, 4.69) is 39.5 Å². The van der Waals surface area contributed by atoms with Crippen LogP contribution in [-0.4, -0.2) is 26.4 Å². The molecule has 4 rings (SSSR count). The fourth-order valence-corrected chi connectivity index (χ4v) is 3.87. The number of nitrogens with one attached hydrogen (secondary N) is 1. The minimum absolute atomic E-state index is 0.102. The highest BCUT2D eigenvalue weighted by atomic mass is 32.2. The van der Waals surface area contributed by atoms with Gasteiger partial charge in [-0.1, -0.05) is 78.2 Å². The number of thioether (sulfide) groups is 1. The third-order valence-electron chi connectivity index (χ3n) is 4.69. The van der Waals surface area contributed by atoms with Gasteiger partial charge in [0.15, 0.2) is 5.16 Å². The summed E-state index contributed by atoms with van der Waals surface area (Å²) in [4.78, 5) is 12.5. The van der Waals surface area contributed by atoms with Gasteiger partial charge in [-0.3, -0.25) is 4.79 Å². The van der Waals surface area contributed by atoms with Crippen molar-refractivity contribution in [2.75, 3.05) is 11.1 Å². The number of carbonyl (C=O) groups is 1. The van der Waals surface area contributed by atoms with E-state index >= 15 is 0 Å². The maximum absolute atomic E-state index is 12.5. The Balaban J connectivity index is 1.37. The summed E-state index contributed by atoms with van der Waals surface area (Å²) in [5.74, 6) is 7.23. The van der Waals surface area contributed by atoms with Crippen molar-refractivity contribution in [2.24, 2.45) is 0 Å². The Labute approximate surface area is 191 Å². The van der Waals surface area contributed by atoms with Crippen LogP contribution in [0.1, 0.15) is 22.5 Å². The Kier molecular flexibility index (Phi) is 7.01. The van der Waals surface area contributed by atoms with E-state index in [0.717, 1.165) is 33.4 Å². The number of hydrogen-bond acceptors (Lipinski definition) is 4. The molecule has 1 amide bonds. The van der Waals surface area contributed by atoms with Crippen LogP contribution in [0.15, 0.2) is 90.1 Å². The zero-order valence-electron chi connectivity index (χ0n) is 17.7. The molecular formula is C26H22N4OS.